The average molecular weight is 353 g/mol. The molecule has 0 amide bonds. The Bertz CT molecular complexity index is 614. The number of anilines is 2. The van der Waals surface area contributed by atoms with E-state index in [1.807, 2.05) is 36.4 Å². The first kappa shape index (κ1) is 14.4. The molecule has 5 heteroatoms. The molecule has 98 valence electrons. The zero-order chi connectivity index (χ0) is 13.8. The second-order valence-corrected chi connectivity index (χ2v) is 6.08. The van der Waals surface area contributed by atoms with Crippen LogP contribution in [-0.2, 0) is 0 Å². The van der Waals surface area contributed by atoms with Gasteiger partial charge in [0.15, 0.2) is 0 Å². The van der Waals surface area contributed by atoms with E-state index in [1.54, 1.807) is 11.8 Å². The van der Waals surface area contributed by atoms with Crippen molar-refractivity contribution in [3.63, 3.8) is 0 Å². The Morgan fingerprint density at radius 1 is 1.21 bits per heavy atom. The minimum absolute atomic E-state index is 0.386. The molecule has 0 saturated carbocycles. The molecule has 0 spiro atoms. The fraction of sp³-hybridized carbons (Fsp3) is 0.0714. The summed E-state index contributed by atoms with van der Waals surface area (Å²) in [4.78, 5) is 1.56. The van der Waals surface area contributed by atoms with Gasteiger partial charge in [-0.25, -0.2) is 0 Å². The van der Waals surface area contributed by atoms with Crippen molar-refractivity contribution < 1.29 is 0 Å². The van der Waals surface area contributed by atoms with Gasteiger partial charge in [-0.1, -0.05) is 40.3 Å². The van der Waals surface area contributed by atoms with Crippen molar-refractivity contribution in [1.29, 1.82) is 0 Å². The predicted octanol–water partition coefficient (Wildman–Crippen LogP) is 4.55. The molecule has 0 heterocycles. The van der Waals surface area contributed by atoms with Gasteiger partial charge in [-0.2, -0.15) is 0 Å². The summed E-state index contributed by atoms with van der Waals surface area (Å²) in [6.07, 6.45) is 2.05. The van der Waals surface area contributed by atoms with Crippen LogP contribution in [0.2, 0.25) is 0 Å². The third kappa shape index (κ3) is 3.49. The second-order valence-electron chi connectivity index (χ2n) is 3.88. The van der Waals surface area contributed by atoms with Gasteiger partial charge in [-0.05, 0) is 36.6 Å². The van der Waals surface area contributed by atoms with E-state index < -0.39 is 0 Å². The van der Waals surface area contributed by atoms with E-state index >= 15 is 0 Å². The smallest absolute Gasteiger partial charge is 0.106 e. The molecular formula is C14H13BrN2S2. The molecule has 2 aromatic rings. The number of para-hydroxylation sites is 1. The quantitative estimate of drug-likeness (QED) is 0.625. The van der Waals surface area contributed by atoms with Crippen LogP contribution in [0.4, 0.5) is 11.4 Å². The third-order valence-corrected chi connectivity index (χ3v) is 4.13. The van der Waals surface area contributed by atoms with Crippen molar-refractivity contribution in [2.75, 3.05) is 11.6 Å². The Morgan fingerprint density at radius 3 is 2.63 bits per heavy atom. The summed E-state index contributed by atoms with van der Waals surface area (Å²) in [5.74, 6) is 0. The maximum Gasteiger partial charge on any atom is 0.106 e. The summed E-state index contributed by atoms with van der Waals surface area (Å²) in [6.45, 7) is 0. The van der Waals surface area contributed by atoms with Crippen molar-refractivity contribution in [1.82, 2.24) is 0 Å². The third-order valence-electron chi connectivity index (χ3n) is 2.62. The molecule has 0 unspecified atom stereocenters. The fourth-order valence-electron chi connectivity index (χ4n) is 1.73. The van der Waals surface area contributed by atoms with Gasteiger partial charge in [0.05, 0.1) is 5.69 Å². The van der Waals surface area contributed by atoms with Crippen LogP contribution in [0.3, 0.4) is 0 Å². The van der Waals surface area contributed by atoms with Crippen molar-refractivity contribution in [3.8, 4) is 0 Å². The summed E-state index contributed by atoms with van der Waals surface area (Å²) in [5, 5.41) is 3.40. The number of hydrogen-bond acceptors (Lipinski definition) is 3. The van der Waals surface area contributed by atoms with E-state index in [2.05, 4.69) is 33.6 Å². The Hall–Kier alpha value is -1.04. The SMILES string of the molecule is CSc1ccccc1Nc1cc(Br)ccc1C(N)=S. The number of rotatable bonds is 4. The standard InChI is InChI=1S/C14H13BrN2S2/c1-19-13-5-3-2-4-11(13)17-12-8-9(15)6-7-10(12)14(16)18/h2-8,17H,1H3,(H2,16,18). The van der Waals surface area contributed by atoms with Crippen LogP contribution < -0.4 is 11.1 Å². The highest BCUT2D eigenvalue weighted by atomic mass is 79.9. The Balaban J connectivity index is 2.42. The Morgan fingerprint density at radius 2 is 1.95 bits per heavy atom. The number of halogens is 1. The topological polar surface area (TPSA) is 38.0 Å². The number of thiocarbonyl (C=S) groups is 1. The minimum atomic E-state index is 0.386. The first-order valence-electron chi connectivity index (χ1n) is 5.61. The molecule has 0 radical (unpaired) electrons. The van der Waals surface area contributed by atoms with Gasteiger partial charge < -0.3 is 11.1 Å². The van der Waals surface area contributed by atoms with E-state index in [-0.39, 0.29) is 0 Å². The number of thioether (sulfide) groups is 1. The van der Waals surface area contributed by atoms with Crippen LogP contribution in [0.25, 0.3) is 0 Å². The second kappa shape index (κ2) is 6.41. The molecule has 0 aromatic heterocycles. The lowest BCUT2D eigenvalue weighted by Gasteiger charge is -2.14. The van der Waals surface area contributed by atoms with Gasteiger partial charge in [0, 0.05) is 20.6 Å². The minimum Gasteiger partial charge on any atom is -0.389 e. The molecule has 2 aromatic carbocycles. The monoisotopic (exact) mass is 352 g/mol. The van der Waals surface area contributed by atoms with E-state index in [1.165, 1.54) is 4.90 Å². The lowest BCUT2D eigenvalue weighted by Crippen LogP contribution is -2.12. The molecule has 0 atom stereocenters. The number of benzene rings is 2. The van der Waals surface area contributed by atoms with Gasteiger partial charge in [0.25, 0.3) is 0 Å². The number of nitrogens with two attached hydrogens (primary N) is 1. The fourth-order valence-corrected chi connectivity index (χ4v) is 2.82. The number of hydrogen-bond donors (Lipinski definition) is 2. The van der Waals surface area contributed by atoms with Crippen molar-refractivity contribution in [3.05, 3.63) is 52.5 Å². The van der Waals surface area contributed by atoms with Crippen LogP contribution in [0, 0.1) is 0 Å². The molecule has 0 aliphatic heterocycles. The highest BCUT2D eigenvalue weighted by molar-refractivity contribution is 9.10. The Kier molecular flexibility index (Phi) is 4.85. The summed E-state index contributed by atoms with van der Waals surface area (Å²) < 4.78 is 0.983. The molecule has 0 aliphatic carbocycles. The van der Waals surface area contributed by atoms with Crippen molar-refractivity contribution in [2.24, 2.45) is 5.73 Å². The van der Waals surface area contributed by atoms with Crippen LogP contribution in [0.5, 0.6) is 0 Å². The lowest BCUT2D eigenvalue weighted by molar-refractivity contribution is 1.41. The molecule has 0 aliphatic rings. The molecule has 0 saturated heterocycles. The molecule has 2 rings (SSSR count). The molecule has 3 N–H and O–H groups in total. The van der Waals surface area contributed by atoms with Gasteiger partial charge >= 0.3 is 0 Å². The van der Waals surface area contributed by atoms with Crippen LogP contribution in [0.15, 0.2) is 51.8 Å². The summed E-state index contributed by atoms with van der Waals surface area (Å²) in [5.41, 5.74) is 8.55. The largest absolute Gasteiger partial charge is 0.389 e. The Labute approximate surface area is 130 Å². The van der Waals surface area contributed by atoms with E-state index in [9.17, 15) is 0 Å². The van der Waals surface area contributed by atoms with E-state index in [0.29, 0.717) is 4.99 Å². The molecule has 0 fully saturated rings. The number of nitrogens with one attached hydrogen (secondary N) is 1. The predicted molar refractivity (Wildman–Crippen MR) is 91.5 cm³/mol. The van der Waals surface area contributed by atoms with E-state index in [0.717, 1.165) is 21.4 Å². The summed E-state index contributed by atoms with van der Waals surface area (Å²) >= 11 is 10.2. The maximum atomic E-state index is 5.76. The summed E-state index contributed by atoms with van der Waals surface area (Å²) in [6, 6.07) is 14.0. The molecule has 19 heavy (non-hydrogen) atoms. The average Bonchev–Trinajstić information content (AvgIpc) is 2.39. The van der Waals surface area contributed by atoms with Crippen LogP contribution in [-0.4, -0.2) is 11.2 Å². The lowest BCUT2D eigenvalue weighted by atomic mass is 10.1. The van der Waals surface area contributed by atoms with Crippen LogP contribution in [0.1, 0.15) is 5.56 Å². The van der Waals surface area contributed by atoms with Gasteiger partial charge in [0.1, 0.15) is 4.99 Å². The summed E-state index contributed by atoms with van der Waals surface area (Å²) in [7, 11) is 0. The zero-order valence-corrected chi connectivity index (χ0v) is 13.5. The molecular weight excluding hydrogens is 340 g/mol. The van der Waals surface area contributed by atoms with Gasteiger partial charge in [0.2, 0.25) is 0 Å². The van der Waals surface area contributed by atoms with Crippen LogP contribution >= 0.6 is 39.9 Å². The first-order chi connectivity index (χ1) is 9.11. The van der Waals surface area contributed by atoms with Crippen molar-refractivity contribution >= 4 is 56.3 Å². The normalized spacial score (nSPS) is 10.2. The molecule has 0 bridgehead atoms. The maximum absolute atomic E-state index is 5.76. The molecule has 2 nitrogen and oxygen atoms in total. The van der Waals surface area contributed by atoms with Gasteiger partial charge in [-0.15, -0.1) is 11.8 Å². The van der Waals surface area contributed by atoms with Gasteiger partial charge in [-0.3, -0.25) is 0 Å². The first-order valence-corrected chi connectivity index (χ1v) is 8.04. The zero-order valence-electron chi connectivity index (χ0n) is 10.3. The van der Waals surface area contributed by atoms with E-state index in [4.69, 9.17) is 18.0 Å². The van der Waals surface area contributed by atoms with Crippen molar-refractivity contribution in [2.45, 2.75) is 4.90 Å². The highest BCUT2D eigenvalue weighted by Crippen LogP contribution is 2.30. The highest BCUT2D eigenvalue weighted by Gasteiger charge is 2.08.